The average molecular weight is 233 g/mol. The fourth-order valence-corrected chi connectivity index (χ4v) is 1.12. The van der Waals surface area contributed by atoms with Crippen molar-refractivity contribution >= 4 is 11.8 Å². The average Bonchev–Trinajstić information content (AvgIpc) is 2.34. The maximum absolute atomic E-state index is 11.4. The van der Waals surface area contributed by atoms with Crippen LogP contribution in [-0.2, 0) is 0 Å². The van der Waals surface area contributed by atoms with Crippen molar-refractivity contribution in [3.63, 3.8) is 0 Å². The molecule has 0 saturated carbocycles. The van der Waals surface area contributed by atoms with E-state index in [1.807, 2.05) is 6.92 Å². The highest BCUT2D eigenvalue weighted by Crippen LogP contribution is 2.05. The van der Waals surface area contributed by atoms with E-state index < -0.39 is 0 Å². The van der Waals surface area contributed by atoms with Crippen molar-refractivity contribution in [2.75, 3.05) is 18.5 Å². The van der Waals surface area contributed by atoms with Gasteiger partial charge in [-0.3, -0.25) is 5.32 Å². The Labute approximate surface area is 100 Å². The van der Waals surface area contributed by atoms with Gasteiger partial charge in [-0.05, 0) is 18.6 Å². The molecule has 5 nitrogen and oxygen atoms in total. The SMILES string of the molecule is CCCNC(=O)Nc1cc(C#CCO)ccn1. The molecule has 0 radical (unpaired) electrons. The maximum Gasteiger partial charge on any atom is 0.320 e. The molecule has 90 valence electrons. The van der Waals surface area contributed by atoms with Crippen LogP contribution in [0.1, 0.15) is 18.9 Å². The van der Waals surface area contributed by atoms with E-state index in [4.69, 9.17) is 5.11 Å². The van der Waals surface area contributed by atoms with Crippen LogP contribution in [0.25, 0.3) is 0 Å². The highest BCUT2D eigenvalue weighted by molar-refractivity contribution is 5.88. The molecule has 2 amide bonds. The minimum Gasteiger partial charge on any atom is -0.384 e. The molecule has 0 aromatic carbocycles. The van der Waals surface area contributed by atoms with Gasteiger partial charge in [-0.25, -0.2) is 9.78 Å². The summed E-state index contributed by atoms with van der Waals surface area (Å²) in [4.78, 5) is 15.4. The lowest BCUT2D eigenvalue weighted by atomic mass is 10.2. The second-order valence-corrected chi connectivity index (χ2v) is 3.27. The van der Waals surface area contributed by atoms with Crippen LogP contribution in [-0.4, -0.2) is 29.3 Å². The first-order chi connectivity index (χ1) is 8.26. The Morgan fingerprint density at radius 1 is 1.59 bits per heavy atom. The number of amides is 2. The van der Waals surface area contributed by atoms with E-state index in [1.54, 1.807) is 18.3 Å². The van der Waals surface area contributed by atoms with Gasteiger partial charge in [0.05, 0.1) is 0 Å². The van der Waals surface area contributed by atoms with Crippen LogP contribution in [0.15, 0.2) is 18.3 Å². The Morgan fingerprint density at radius 2 is 2.41 bits per heavy atom. The molecule has 1 aromatic rings. The predicted molar refractivity (Wildman–Crippen MR) is 65.5 cm³/mol. The molecule has 0 bridgehead atoms. The quantitative estimate of drug-likeness (QED) is 0.681. The van der Waals surface area contributed by atoms with Gasteiger partial charge >= 0.3 is 6.03 Å². The predicted octanol–water partition coefficient (Wildman–Crippen LogP) is 0.957. The van der Waals surface area contributed by atoms with Crippen molar-refractivity contribution in [1.82, 2.24) is 10.3 Å². The Morgan fingerprint density at radius 3 is 3.12 bits per heavy atom. The third-order valence-electron chi connectivity index (χ3n) is 1.85. The highest BCUT2D eigenvalue weighted by atomic mass is 16.2. The van der Waals surface area contributed by atoms with Gasteiger partial charge in [0.25, 0.3) is 0 Å². The molecule has 1 aromatic heterocycles. The van der Waals surface area contributed by atoms with E-state index in [1.165, 1.54) is 0 Å². The number of nitrogens with zero attached hydrogens (tertiary/aromatic N) is 1. The first kappa shape index (κ1) is 13.0. The third-order valence-corrected chi connectivity index (χ3v) is 1.85. The van der Waals surface area contributed by atoms with Crippen molar-refractivity contribution in [3.05, 3.63) is 23.9 Å². The lowest BCUT2D eigenvalue weighted by molar-refractivity contribution is 0.252. The minimum absolute atomic E-state index is 0.192. The fraction of sp³-hybridized carbons (Fsp3) is 0.333. The molecular weight excluding hydrogens is 218 g/mol. The molecule has 3 N–H and O–H groups in total. The van der Waals surface area contributed by atoms with Gasteiger partial charge in [-0.2, -0.15) is 0 Å². The Balaban J connectivity index is 2.62. The molecular formula is C12H15N3O2. The Kier molecular flexibility index (Phi) is 5.55. The first-order valence-corrected chi connectivity index (χ1v) is 5.37. The number of pyridine rings is 1. The Hall–Kier alpha value is -2.06. The summed E-state index contributed by atoms with van der Waals surface area (Å²) in [7, 11) is 0. The van der Waals surface area contributed by atoms with Crippen molar-refractivity contribution in [2.45, 2.75) is 13.3 Å². The molecule has 5 heteroatoms. The van der Waals surface area contributed by atoms with Crippen LogP contribution in [0.2, 0.25) is 0 Å². The van der Waals surface area contributed by atoms with Crippen LogP contribution >= 0.6 is 0 Å². The molecule has 0 spiro atoms. The molecule has 0 saturated heterocycles. The minimum atomic E-state index is -0.286. The van der Waals surface area contributed by atoms with Gasteiger partial charge in [0.15, 0.2) is 0 Å². The van der Waals surface area contributed by atoms with E-state index in [2.05, 4.69) is 27.5 Å². The maximum atomic E-state index is 11.4. The number of anilines is 1. The first-order valence-electron chi connectivity index (χ1n) is 5.37. The second kappa shape index (κ2) is 7.25. The van der Waals surface area contributed by atoms with Gasteiger partial charge in [-0.1, -0.05) is 18.8 Å². The summed E-state index contributed by atoms with van der Waals surface area (Å²) < 4.78 is 0. The monoisotopic (exact) mass is 233 g/mol. The Bertz CT molecular complexity index is 435. The second-order valence-electron chi connectivity index (χ2n) is 3.27. The molecule has 17 heavy (non-hydrogen) atoms. The molecule has 0 fully saturated rings. The van der Waals surface area contributed by atoms with Crippen molar-refractivity contribution in [3.8, 4) is 11.8 Å². The van der Waals surface area contributed by atoms with Crippen molar-refractivity contribution in [1.29, 1.82) is 0 Å². The number of nitrogens with one attached hydrogen (secondary N) is 2. The lowest BCUT2D eigenvalue weighted by Crippen LogP contribution is -2.29. The zero-order valence-electron chi connectivity index (χ0n) is 9.66. The summed E-state index contributed by atoms with van der Waals surface area (Å²) >= 11 is 0. The summed E-state index contributed by atoms with van der Waals surface area (Å²) in [5.41, 5.74) is 0.694. The van der Waals surface area contributed by atoms with Gasteiger partial charge < -0.3 is 10.4 Å². The number of urea groups is 1. The summed E-state index contributed by atoms with van der Waals surface area (Å²) in [5, 5.41) is 13.8. The molecule has 0 aliphatic rings. The van der Waals surface area contributed by atoms with E-state index in [9.17, 15) is 4.79 Å². The molecule has 0 aliphatic heterocycles. The fourth-order valence-electron chi connectivity index (χ4n) is 1.12. The summed E-state index contributed by atoms with van der Waals surface area (Å²) in [6.07, 6.45) is 2.43. The van der Waals surface area contributed by atoms with E-state index in [-0.39, 0.29) is 12.6 Å². The van der Waals surface area contributed by atoms with Gasteiger partial charge in [0.1, 0.15) is 12.4 Å². The summed E-state index contributed by atoms with van der Waals surface area (Å²) in [6.45, 7) is 2.40. The van der Waals surface area contributed by atoms with Crippen LogP contribution in [0.5, 0.6) is 0 Å². The van der Waals surface area contributed by atoms with Gasteiger partial charge in [0, 0.05) is 18.3 Å². The van der Waals surface area contributed by atoms with E-state index >= 15 is 0 Å². The summed E-state index contributed by atoms with van der Waals surface area (Å²) in [6, 6.07) is 3.07. The van der Waals surface area contributed by atoms with Gasteiger partial charge in [-0.15, -0.1) is 0 Å². The number of aromatic nitrogens is 1. The smallest absolute Gasteiger partial charge is 0.320 e. The molecule has 1 heterocycles. The number of rotatable bonds is 3. The van der Waals surface area contributed by atoms with Crippen LogP contribution in [0.3, 0.4) is 0 Å². The molecule has 0 unspecified atom stereocenters. The molecule has 0 atom stereocenters. The van der Waals surface area contributed by atoms with Crippen LogP contribution in [0, 0.1) is 11.8 Å². The van der Waals surface area contributed by atoms with Crippen LogP contribution < -0.4 is 10.6 Å². The standard InChI is InChI=1S/C12H15N3O2/c1-2-6-14-12(17)15-11-9-10(4-3-8-16)5-7-13-11/h5,7,9,16H,2,6,8H2,1H3,(H2,13,14,15,17). The van der Waals surface area contributed by atoms with E-state index in [0.717, 1.165) is 6.42 Å². The number of hydrogen-bond acceptors (Lipinski definition) is 3. The number of carbonyl (C=O) groups is 1. The van der Waals surface area contributed by atoms with Crippen molar-refractivity contribution < 1.29 is 9.90 Å². The normalized spacial score (nSPS) is 9.06. The topological polar surface area (TPSA) is 74.2 Å². The van der Waals surface area contributed by atoms with Crippen LogP contribution in [0.4, 0.5) is 10.6 Å². The third kappa shape index (κ3) is 5.00. The van der Waals surface area contributed by atoms with E-state index in [0.29, 0.717) is 17.9 Å². The number of hydrogen-bond donors (Lipinski definition) is 3. The molecule has 1 rings (SSSR count). The number of carbonyl (C=O) groups excluding carboxylic acids is 1. The lowest BCUT2D eigenvalue weighted by Gasteiger charge is -2.05. The summed E-state index contributed by atoms with van der Waals surface area (Å²) in [5.74, 6) is 5.70. The highest BCUT2D eigenvalue weighted by Gasteiger charge is 2.01. The zero-order chi connectivity index (χ0) is 12.5. The number of aliphatic hydroxyl groups excluding tert-OH is 1. The van der Waals surface area contributed by atoms with Gasteiger partial charge in [0.2, 0.25) is 0 Å². The molecule has 0 aliphatic carbocycles. The number of aliphatic hydroxyl groups is 1. The zero-order valence-corrected chi connectivity index (χ0v) is 9.66. The largest absolute Gasteiger partial charge is 0.384 e. The van der Waals surface area contributed by atoms with Crippen molar-refractivity contribution in [2.24, 2.45) is 0 Å².